The Morgan fingerprint density at radius 2 is 1.95 bits per heavy atom. The lowest BCUT2D eigenvalue weighted by molar-refractivity contribution is -0.0229. The van der Waals surface area contributed by atoms with Gasteiger partial charge in [-0.25, -0.2) is 4.39 Å². The lowest BCUT2D eigenvalue weighted by Gasteiger charge is -2.46. The smallest absolute Gasteiger partial charge is 0.126 e. The van der Waals surface area contributed by atoms with Crippen LogP contribution in [0.5, 0.6) is 0 Å². The first-order valence-electron chi connectivity index (χ1n) is 7.23. The average Bonchev–Trinajstić information content (AvgIpc) is 2.44. The molecule has 2 rings (SSSR count). The van der Waals surface area contributed by atoms with Crippen LogP contribution in [0.25, 0.3) is 0 Å². The third kappa shape index (κ3) is 3.03. The maximum atomic E-state index is 13.5. The number of likely N-dealkylation sites (N-methyl/N-ethyl adjacent to an activating group) is 1. The van der Waals surface area contributed by atoms with Crippen LogP contribution in [0.2, 0.25) is 0 Å². The summed E-state index contributed by atoms with van der Waals surface area (Å²) >= 11 is 0. The molecule has 1 aliphatic rings. The quantitative estimate of drug-likeness (QED) is 0.917. The van der Waals surface area contributed by atoms with Crippen molar-refractivity contribution in [3.8, 4) is 0 Å². The summed E-state index contributed by atoms with van der Waals surface area (Å²) in [6.45, 7) is 9.71. The summed E-state index contributed by atoms with van der Waals surface area (Å²) in [5, 5.41) is 3.40. The van der Waals surface area contributed by atoms with Gasteiger partial charge in [-0.05, 0) is 45.0 Å². The molecule has 0 bridgehead atoms. The van der Waals surface area contributed by atoms with Gasteiger partial charge in [0.2, 0.25) is 0 Å². The summed E-state index contributed by atoms with van der Waals surface area (Å²) in [5.74, 6) is -0.146. The standard InChI is InChI=1S/C16H25FN2O/c1-12-11-13(5-6-14(12)17)15(18-4)16(2,3)19-7-9-20-10-8-19/h5-6,11,15,18H,7-10H2,1-4H3. The highest BCUT2D eigenvalue weighted by molar-refractivity contribution is 5.28. The van der Waals surface area contributed by atoms with Crippen LogP contribution >= 0.6 is 0 Å². The monoisotopic (exact) mass is 280 g/mol. The number of ether oxygens (including phenoxy) is 1. The van der Waals surface area contributed by atoms with Crippen molar-refractivity contribution in [2.45, 2.75) is 32.4 Å². The van der Waals surface area contributed by atoms with Crippen molar-refractivity contribution in [2.75, 3.05) is 33.4 Å². The van der Waals surface area contributed by atoms with E-state index in [4.69, 9.17) is 4.74 Å². The highest BCUT2D eigenvalue weighted by Crippen LogP contribution is 2.32. The number of benzene rings is 1. The van der Waals surface area contributed by atoms with Crippen LogP contribution in [0.15, 0.2) is 18.2 Å². The number of nitrogens with zero attached hydrogens (tertiary/aromatic N) is 1. The lowest BCUT2D eigenvalue weighted by Crippen LogP contribution is -2.55. The molecular formula is C16H25FN2O. The van der Waals surface area contributed by atoms with Gasteiger partial charge in [0.25, 0.3) is 0 Å². The molecule has 4 heteroatoms. The second kappa shape index (κ2) is 6.20. The average molecular weight is 280 g/mol. The zero-order valence-electron chi connectivity index (χ0n) is 12.9. The van der Waals surface area contributed by atoms with Crippen molar-refractivity contribution in [3.63, 3.8) is 0 Å². The summed E-state index contributed by atoms with van der Waals surface area (Å²) in [6.07, 6.45) is 0. The van der Waals surface area contributed by atoms with E-state index in [1.807, 2.05) is 26.1 Å². The number of hydrogen-bond donors (Lipinski definition) is 1. The topological polar surface area (TPSA) is 24.5 Å². The predicted octanol–water partition coefficient (Wildman–Crippen LogP) is 2.51. The Kier molecular flexibility index (Phi) is 4.78. The Morgan fingerprint density at radius 1 is 1.30 bits per heavy atom. The van der Waals surface area contributed by atoms with Gasteiger partial charge in [-0.1, -0.05) is 12.1 Å². The van der Waals surface area contributed by atoms with Crippen molar-refractivity contribution in [3.05, 3.63) is 35.1 Å². The summed E-state index contributed by atoms with van der Waals surface area (Å²) in [6, 6.07) is 5.54. The van der Waals surface area contributed by atoms with Crippen LogP contribution in [-0.2, 0) is 4.74 Å². The molecule has 3 nitrogen and oxygen atoms in total. The minimum Gasteiger partial charge on any atom is -0.379 e. The van der Waals surface area contributed by atoms with E-state index in [9.17, 15) is 4.39 Å². The van der Waals surface area contributed by atoms with Crippen molar-refractivity contribution in [1.82, 2.24) is 10.2 Å². The van der Waals surface area contributed by atoms with Crippen molar-refractivity contribution >= 4 is 0 Å². The second-order valence-corrected chi connectivity index (χ2v) is 5.98. The lowest BCUT2D eigenvalue weighted by atomic mass is 9.86. The highest BCUT2D eigenvalue weighted by Gasteiger charge is 2.36. The van der Waals surface area contributed by atoms with Gasteiger partial charge in [0.05, 0.1) is 13.2 Å². The molecule has 0 aliphatic carbocycles. The third-order valence-electron chi connectivity index (χ3n) is 4.34. The SMILES string of the molecule is CNC(c1ccc(F)c(C)c1)C(C)(C)N1CCOCC1. The first kappa shape index (κ1) is 15.4. The van der Waals surface area contributed by atoms with Crippen LogP contribution in [0, 0.1) is 12.7 Å². The first-order chi connectivity index (χ1) is 9.46. The van der Waals surface area contributed by atoms with Gasteiger partial charge in [0.15, 0.2) is 0 Å². The van der Waals surface area contributed by atoms with Gasteiger partial charge in [-0.2, -0.15) is 0 Å². The third-order valence-corrected chi connectivity index (χ3v) is 4.34. The molecule has 1 unspecified atom stereocenters. The van der Waals surface area contributed by atoms with E-state index in [-0.39, 0.29) is 17.4 Å². The molecule has 1 saturated heterocycles. The van der Waals surface area contributed by atoms with Crippen LogP contribution in [0.1, 0.15) is 31.0 Å². The number of nitrogens with one attached hydrogen (secondary N) is 1. The Bertz CT molecular complexity index is 456. The molecule has 20 heavy (non-hydrogen) atoms. The fraction of sp³-hybridized carbons (Fsp3) is 0.625. The Hall–Kier alpha value is -0.970. The van der Waals surface area contributed by atoms with E-state index in [1.165, 1.54) is 0 Å². The number of rotatable bonds is 4. The van der Waals surface area contributed by atoms with Gasteiger partial charge in [0, 0.05) is 24.7 Å². The molecule has 1 aliphatic heterocycles. The van der Waals surface area contributed by atoms with Gasteiger partial charge in [0.1, 0.15) is 5.82 Å². The Balaban J connectivity index is 2.27. The zero-order valence-corrected chi connectivity index (χ0v) is 12.9. The molecule has 1 atom stereocenters. The van der Waals surface area contributed by atoms with Crippen LogP contribution in [0.3, 0.4) is 0 Å². The van der Waals surface area contributed by atoms with Gasteiger partial charge in [-0.15, -0.1) is 0 Å². The van der Waals surface area contributed by atoms with Crippen molar-refractivity contribution < 1.29 is 9.13 Å². The summed E-state index contributed by atoms with van der Waals surface area (Å²) in [7, 11) is 1.96. The summed E-state index contributed by atoms with van der Waals surface area (Å²) in [4.78, 5) is 2.44. The molecule has 1 aromatic rings. The molecule has 1 aromatic carbocycles. The first-order valence-corrected chi connectivity index (χ1v) is 7.23. The van der Waals surface area contributed by atoms with Gasteiger partial charge >= 0.3 is 0 Å². The molecule has 0 amide bonds. The molecule has 1 fully saturated rings. The fourth-order valence-electron chi connectivity index (χ4n) is 3.10. The fourth-order valence-corrected chi connectivity index (χ4v) is 3.10. The molecule has 0 saturated carbocycles. The van der Waals surface area contributed by atoms with Crippen molar-refractivity contribution in [1.29, 1.82) is 0 Å². The normalized spacial score (nSPS) is 19.1. The summed E-state index contributed by atoms with van der Waals surface area (Å²) in [5.41, 5.74) is 1.77. The molecule has 1 N–H and O–H groups in total. The molecule has 0 spiro atoms. The number of morpholine rings is 1. The van der Waals surface area contributed by atoms with E-state index < -0.39 is 0 Å². The maximum absolute atomic E-state index is 13.5. The Morgan fingerprint density at radius 3 is 2.50 bits per heavy atom. The van der Waals surface area contributed by atoms with Crippen LogP contribution < -0.4 is 5.32 Å². The van der Waals surface area contributed by atoms with Gasteiger partial charge in [-0.3, -0.25) is 4.90 Å². The summed E-state index contributed by atoms with van der Waals surface area (Å²) < 4.78 is 18.9. The molecule has 1 heterocycles. The second-order valence-electron chi connectivity index (χ2n) is 5.98. The Labute approximate surface area is 121 Å². The van der Waals surface area contributed by atoms with E-state index in [0.717, 1.165) is 31.9 Å². The maximum Gasteiger partial charge on any atom is 0.126 e. The van der Waals surface area contributed by atoms with Gasteiger partial charge < -0.3 is 10.1 Å². The zero-order chi connectivity index (χ0) is 14.8. The van der Waals surface area contributed by atoms with Crippen LogP contribution in [0.4, 0.5) is 4.39 Å². The van der Waals surface area contributed by atoms with E-state index >= 15 is 0 Å². The number of hydrogen-bond acceptors (Lipinski definition) is 3. The molecular weight excluding hydrogens is 255 g/mol. The van der Waals surface area contributed by atoms with E-state index in [0.29, 0.717) is 5.56 Å². The molecule has 0 radical (unpaired) electrons. The minimum absolute atomic E-state index is 0.0528. The van der Waals surface area contributed by atoms with Crippen molar-refractivity contribution in [2.24, 2.45) is 0 Å². The largest absolute Gasteiger partial charge is 0.379 e. The molecule has 112 valence electrons. The number of aryl methyl sites for hydroxylation is 1. The van der Waals surface area contributed by atoms with Crippen LogP contribution in [-0.4, -0.2) is 43.8 Å². The van der Waals surface area contributed by atoms with E-state index in [2.05, 4.69) is 24.1 Å². The minimum atomic E-state index is -0.146. The predicted molar refractivity (Wildman–Crippen MR) is 79.4 cm³/mol. The molecule has 0 aromatic heterocycles. The van der Waals surface area contributed by atoms with E-state index in [1.54, 1.807) is 6.07 Å². The number of halogens is 1. The highest BCUT2D eigenvalue weighted by atomic mass is 19.1.